The van der Waals surface area contributed by atoms with Crippen molar-refractivity contribution in [1.82, 2.24) is 0 Å². The lowest BCUT2D eigenvalue weighted by Crippen LogP contribution is -1.86. The van der Waals surface area contributed by atoms with E-state index in [2.05, 4.69) is 6.58 Å². The van der Waals surface area contributed by atoms with Gasteiger partial charge in [0.25, 0.3) is 0 Å². The average molecular weight is 188 g/mol. The second-order valence-corrected chi connectivity index (χ2v) is 2.99. The zero-order valence-corrected chi connectivity index (χ0v) is 8.03. The zero-order valence-electron chi connectivity index (χ0n) is 8.03. The fourth-order valence-electron chi connectivity index (χ4n) is 1.15. The molecule has 1 aromatic carbocycles. The van der Waals surface area contributed by atoms with Gasteiger partial charge in [-0.2, -0.15) is 0 Å². The SMILES string of the molecule is C=Cc1cc(C=CC(=O)O)ccc1C. The summed E-state index contributed by atoms with van der Waals surface area (Å²) in [4.78, 5) is 10.3. The fraction of sp³-hybridized carbons (Fsp3) is 0.0833. The second kappa shape index (κ2) is 4.42. The van der Waals surface area contributed by atoms with Gasteiger partial charge in [-0.05, 0) is 35.8 Å². The van der Waals surface area contributed by atoms with E-state index in [9.17, 15) is 4.79 Å². The van der Waals surface area contributed by atoms with Crippen LogP contribution in [0.25, 0.3) is 12.2 Å². The van der Waals surface area contributed by atoms with E-state index < -0.39 is 5.97 Å². The molecule has 1 rings (SSSR count). The highest BCUT2D eigenvalue weighted by molar-refractivity contribution is 5.85. The van der Waals surface area contributed by atoms with Crippen LogP contribution < -0.4 is 0 Å². The molecule has 72 valence electrons. The lowest BCUT2D eigenvalue weighted by Gasteiger charge is -2.00. The summed E-state index contributed by atoms with van der Waals surface area (Å²) in [6, 6.07) is 5.72. The minimum Gasteiger partial charge on any atom is -0.478 e. The van der Waals surface area contributed by atoms with E-state index in [-0.39, 0.29) is 0 Å². The van der Waals surface area contributed by atoms with Gasteiger partial charge < -0.3 is 5.11 Å². The molecule has 0 saturated heterocycles. The Bertz CT molecular complexity index is 389. The lowest BCUT2D eigenvalue weighted by atomic mass is 10.0. The molecule has 2 heteroatoms. The van der Waals surface area contributed by atoms with Crippen molar-refractivity contribution in [2.24, 2.45) is 0 Å². The van der Waals surface area contributed by atoms with Crippen LogP contribution in [0.5, 0.6) is 0 Å². The summed E-state index contributed by atoms with van der Waals surface area (Å²) in [5, 5.41) is 8.45. The minimum absolute atomic E-state index is 0.868. The first-order valence-electron chi connectivity index (χ1n) is 4.27. The number of carboxylic acid groups (broad SMARTS) is 1. The molecule has 0 saturated carbocycles. The summed E-state index contributed by atoms with van der Waals surface area (Å²) in [6.45, 7) is 5.68. The first-order chi connectivity index (χ1) is 6.63. The van der Waals surface area contributed by atoms with Gasteiger partial charge in [0.15, 0.2) is 0 Å². The number of benzene rings is 1. The molecule has 1 N–H and O–H groups in total. The van der Waals surface area contributed by atoms with Crippen molar-refractivity contribution in [1.29, 1.82) is 0 Å². The molecule has 14 heavy (non-hydrogen) atoms. The molecule has 0 fully saturated rings. The molecule has 0 spiro atoms. The van der Waals surface area contributed by atoms with Gasteiger partial charge in [-0.3, -0.25) is 0 Å². The van der Waals surface area contributed by atoms with Crippen LogP contribution in [0.1, 0.15) is 16.7 Å². The van der Waals surface area contributed by atoms with Gasteiger partial charge in [0.1, 0.15) is 0 Å². The molecule has 0 unspecified atom stereocenters. The Hall–Kier alpha value is -1.83. The van der Waals surface area contributed by atoms with E-state index in [4.69, 9.17) is 5.11 Å². The molecule has 0 aromatic heterocycles. The van der Waals surface area contributed by atoms with Gasteiger partial charge in [0, 0.05) is 6.08 Å². The van der Waals surface area contributed by atoms with Crippen LogP contribution >= 0.6 is 0 Å². The number of hydrogen-bond acceptors (Lipinski definition) is 1. The molecular formula is C12H12O2. The van der Waals surface area contributed by atoms with Gasteiger partial charge in [-0.25, -0.2) is 4.79 Å². The highest BCUT2D eigenvalue weighted by Gasteiger charge is 1.95. The summed E-state index contributed by atoms with van der Waals surface area (Å²) in [6.07, 6.45) is 4.44. The van der Waals surface area contributed by atoms with Crippen molar-refractivity contribution in [2.45, 2.75) is 6.92 Å². The molecule has 2 nitrogen and oxygen atoms in total. The molecule has 0 aliphatic rings. The van der Waals surface area contributed by atoms with Crippen molar-refractivity contribution in [3.63, 3.8) is 0 Å². The highest BCUT2D eigenvalue weighted by Crippen LogP contribution is 2.13. The molecule has 0 aliphatic carbocycles. The van der Waals surface area contributed by atoms with Gasteiger partial charge in [0.2, 0.25) is 0 Å². The normalized spacial score (nSPS) is 10.4. The van der Waals surface area contributed by atoms with E-state index in [0.29, 0.717) is 0 Å². The highest BCUT2D eigenvalue weighted by atomic mass is 16.4. The Morgan fingerprint density at radius 2 is 2.21 bits per heavy atom. The molecule has 1 aromatic rings. The van der Waals surface area contributed by atoms with E-state index in [1.807, 2.05) is 25.1 Å². The summed E-state index contributed by atoms with van der Waals surface area (Å²) in [5.41, 5.74) is 3.03. The Morgan fingerprint density at radius 1 is 1.50 bits per heavy atom. The topological polar surface area (TPSA) is 37.3 Å². The number of rotatable bonds is 3. The van der Waals surface area contributed by atoms with Crippen LogP contribution in [0.4, 0.5) is 0 Å². The van der Waals surface area contributed by atoms with Crippen LogP contribution in [0.3, 0.4) is 0 Å². The number of aryl methyl sites for hydroxylation is 1. The van der Waals surface area contributed by atoms with Gasteiger partial charge in [-0.15, -0.1) is 0 Å². The van der Waals surface area contributed by atoms with Crippen LogP contribution in [-0.4, -0.2) is 11.1 Å². The number of aliphatic carboxylic acids is 1. The number of hydrogen-bond donors (Lipinski definition) is 1. The number of carboxylic acids is 1. The summed E-state index contributed by atoms with van der Waals surface area (Å²) >= 11 is 0. The number of carbonyl (C=O) groups is 1. The molecular weight excluding hydrogens is 176 g/mol. The van der Waals surface area contributed by atoms with Crippen LogP contribution in [0.2, 0.25) is 0 Å². The zero-order chi connectivity index (χ0) is 10.6. The summed E-state index contributed by atoms with van der Waals surface area (Å²) in [5.74, 6) is -0.939. The molecule has 0 atom stereocenters. The maximum atomic E-state index is 10.3. The van der Waals surface area contributed by atoms with Gasteiger partial charge >= 0.3 is 5.97 Å². The fourth-order valence-corrected chi connectivity index (χ4v) is 1.15. The average Bonchev–Trinajstić information content (AvgIpc) is 2.16. The molecule has 0 aliphatic heterocycles. The van der Waals surface area contributed by atoms with Crippen LogP contribution in [0.15, 0.2) is 30.9 Å². The second-order valence-electron chi connectivity index (χ2n) is 2.99. The third kappa shape index (κ3) is 2.59. The van der Waals surface area contributed by atoms with Crippen molar-refractivity contribution < 1.29 is 9.90 Å². The van der Waals surface area contributed by atoms with Crippen LogP contribution in [0, 0.1) is 6.92 Å². The lowest BCUT2D eigenvalue weighted by molar-refractivity contribution is -0.131. The first-order valence-corrected chi connectivity index (χ1v) is 4.27. The first kappa shape index (κ1) is 10.3. The van der Waals surface area contributed by atoms with E-state index >= 15 is 0 Å². The third-order valence-corrected chi connectivity index (χ3v) is 1.94. The van der Waals surface area contributed by atoms with Gasteiger partial charge in [-0.1, -0.05) is 24.8 Å². The maximum Gasteiger partial charge on any atom is 0.328 e. The third-order valence-electron chi connectivity index (χ3n) is 1.94. The van der Waals surface area contributed by atoms with E-state index in [1.165, 1.54) is 0 Å². The predicted octanol–water partition coefficient (Wildman–Crippen LogP) is 2.74. The Labute approximate surface area is 83.2 Å². The largest absolute Gasteiger partial charge is 0.478 e. The van der Waals surface area contributed by atoms with Gasteiger partial charge in [0.05, 0.1) is 0 Å². The Morgan fingerprint density at radius 3 is 2.79 bits per heavy atom. The minimum atomic E-state index is -0.939. The van der Waals surface area contributed by atoms with Crippen molar-refractivity contribution in [3.05, 3.63) is 47.5 Å². The smallest absolute Gasteiger partial charge is 0.328 e. The van der Waals surface area contributed by atoms with Crippen molar-refractivity contribution in [2.75, 3.05) is 0 Å². The molecule has 0 bridgehead atoms. The summed E-state index contributed by atoms with van der Waals surface area (Å²) in [7, 11) is 0. The monoisotopic (exact) mass is 188 g/mol. The predicted molar refractivity (Wildman–Crippen MR) is 57.9 cm³/mol. The maximum absolute atomic E-state index is 10.3. The summed E-state index contributed by atoms with van der Waals surface area (Å²) < 4.78 is 0. The molecule has 0 radical (unpaired) electrons. The quantitative estimate of drug-likeness (QED) is 0.740. The van der Waals surface area contributed by atoms with Crippen molar-refractivity contribution in [3.8, 4) is 0 Å². The van der Waals surface area contributed by atoms with E-state index in [0.717, 1.165) is 22.8 Å². The Balaban J connectivity index is 3.01. The van der Waals surface area contributed by atoms with Crippen LogP contribution in [-0.2, 0) is 4.79 Å². The van der Waals surface area contributed by atoms with E-state index in [1.54, 1.807) is 12.2 Å². The van der Waals surface area contributed by atoms with Crippen molar-refractivity contribution >= 4 is 18.1 Å². The molecule has 0 amide bonds. The molecule has 0 heterocycles. The Kier molecular flexibility index (Phi) is 3.24. The standard InChI is InChI=1S/C12H12O2/c1-3-11-8-10(5-4-9(11)2)6-7-12(13)14/h3-8H,1H2,2H3,(H,13,14).